The Morgan fingerprint density at radius 1 is 1.34 bits per heavy atom. The molecule has 158 valence electrons. The molecule has 3 rings (SSSR count). The number of aromatic nitrogens is 3. The fourth-order valence-electron chi connectivity index (χ4n) is 3.08. The van der Waals surface area contributed by atoms with E-state index in [0.717, 1.165) is 17.0 Å². The van der Waals surface area contributed by atoms with Gasteiger partial charge in [-0.1, -0.05) is 18.3 Å². The lowest BCUT2D eigenvalue weighted by Crippen LogP contribution is -2.19. The Morgan fingerprint density at radius 3 is 2.62 bits per heavy atom. The molecular weight excluding hydrogens is 410 g/mol. The van der Waals surface area contributed by atoms with E-state index in [1.165, 1.54) is 18.4 Å². The smallest absolute Gasteiger partial charge is 0.213 e. The van der Waals surface area contributed by atoms with Crippen LogP contribution in [0.1, 0.15) is 50.4 Å². The van der Waals surface area contributed by atoms with Gasteiger partial charge in [0.1, 0.15) is 16.4 Å². The number of rotatable bonds is 7. The molecular formula is C20H27N3O4S2. The van der Waals surface area contributed by atoms with Crippen LogP contribution in [0, 0.1) is 6.92 Å². The van der Waals surface area contributed by atoms with Crippen LogP contribution in [0.5, 0.6) is 5.75 Å². The van der Waals surface area contributed by atoms with Crippen molar-refractivity contribution in [2.24, 2.45) is 0 Å². The van der Waals surface area contributed by atoms with Crippen molar-refractivity contribution in [3.8, 4) is 17.0 Å². The van der Waals surface area contributed by atoms with Gasteiger partial charge in [0.25, 0.3) is 0 Å². The summed E-state index contributed by atoms with van der Waals surface area (Å²) in [6, 6.07) is 5.48. The first-order chi connectivity index (χ1) is 13.5. The lowest BCUT2D eigenvalue weighted by atomic mass is 10.1. The predicted octanol–water partition coefficient (Wildman–Crippen LogP) is 3.72. The monoisotopic (exact) mass is 437 g/mol. The molecule has 0 bridgehead atoms. The average Bonchev–Trinajstić information content (AvgIpc) is 3.17. The molecule has 0 unspecified atom stereocenters. The molecule has 0 saturated heterocycles. The van der Waals surface area contributed by atoms with E-state index < -0.39 is 20.7 Å². The zero-order valence-electron chi connectivity index (χ0n) is 17.6. The molecule has 7 nitrogen and oxygen atoms in total. The standard InChI is InChI=1S/C20H27N3O4S2/c1-7-12(2)29(25,26)11-15-10-14(8-9-16(15)27-6)17-13(3)21-19-23(17)22-18(28-19)20(4,5)24/h8-10,12,24H,7,11H2,1-6H3/t12-/m0/s1. The maximum atomic E-state index is 12.7. The lowest BCUT2D eigenvalue weighted by molar-refractivity contribution is 0.0773. The molecule has 0 aliphatic carbocycles. The highest BCUT2D eigenvalue weighted by molar-refractivity contribution is 7.91. The molecule has 29 heavy (non-hydrogen) atoms. The Balaban J connectivity index is 2.13. The third-order valence-corrected chi connectivity index (χ3v) is 8.49. The van der Waals surface area contributed by atoms with Gasteiger partial charge in [-0.3, -0.25) is 0 Å². The molecule has 1 aromatic carbocycles. The Bertz CT molecular complexity index is 1140. The number of nitrogens with zero attached hydrogens (tertiary/aromatic N) is 3. The molecule has 0 fully saturated rings. The molecule has 0 spiro atoms. The minimum absolute atomic E-state index is 0.0913. The van der Waals surface area contributed by atoms with Gasteiger partial charge in [0, 0.05) is 11.1 Å². The van der Waals surface area contributed by atoms with Gasteiger partial charge in [0.05, 0.1) is 29.5 Å². The van der Waals surface area contributed by atoms with E-state index in [0.29, 0.717) is 27.7 Å². The summed E-state index contributed by atoms with van der Waals surface area (Å²) in [7, 11) is -1.76. The normalized spacial score (nSPS) is 13.8. The minimum atomic E-state index is -3.30. The molecule has 2 aromatic heterocycles. The Labute approximate surface area is 175 Å². The van der Waals surface area contributed by atoms with E-state index in [1.54, 1.807) is 31.4 Å². The van der Waals surface area contributed by atoms with Crippen LogP contribution < -0.4 is 4.74 Å². The van der Waals surface area contributed by atoms with Crippen molar-refractivity contribution in [2.45, 2.75) is 57.6 Å². The van der Waals surface area contributed by atoms with Crippen molar-refractivity contribution >= 4 is 26.1 Å². The second-order valence-corrected chi connectivity index (χ2v) is 11.1. The van der Waals surface area contributed by atoms with Gasteiger partial charge in [-0.25, -0.2) is 17.9 Å². The van der Waals surface area contributed by atoms with E-state index in [9.17, 15) is 13.5 Å². The summed E-state index contributed by atoms with van der Waals surface area (Å²) >= 11 is 1.33. The highest BCUT2D eigenvalue weighted by Crippen LogP contribution is 2.34. The zero-order chi connectivity index (χ0) is 21.6. The topological polar surface area (TPSA) is 93.8 Å². The summed E-state index contributed by atoms with van der Waals surface area (Å²) in [5, 5.41) is 15.0. The van der Waals surface area contributed by atoms with E-state index in [2.05, 4.69) is 10.1 Å². The van der Waals surface area contributed by atoms with Gasteiger partial charge in [-0.05, 0) is 52.3 Å². The maximum Gasteiger partial charge on any atom is 0.213 e. The Kier molecular flexibility index (Phi) is 5.77. The first-order valence-corrected chi connectivity index (χ1v) is 12.0. The van der Waals surface area contributed by atoms with Crippen molar-refractivity contribution < 1.29 is 18.3 Å². The molecule has 1 atom stereocenters. The minimum Gasteiger partial charge on any atom is -0.496 e. The van der Waals surface area contributed by atoms with Crippen LogP contribution in [0.25, 0.3) is 16.2 Å². The number of hydrogen-bond donors (Lipinski definition) is 1. The van der Waals surface area contributed by atoms with Gasteiger partial charge in [0.2, 0.25) is 4.96 Å². The van der Waals surface area contributed by atoms with Crippen LogP contribution >= 0.6 is 11.3 Å². The van der Waals surface area contributed by atoms with E-state index in [4.69, 9.17) is 4.74 Å². The number of hydrogen-bond acceptors (Lipinski definition) is 7. The molecule has 9 heteroatoms. The second-order valence-electron chi connectivity index (χ2n) is 7.76. The van der Waals surface area contributed by atoms with Crippen molar-refractivity contribution in [2.75, 3.05) is 7.11 Å². The Hall–Kier alpha value is -1.97. The van der Waals surface area contributed by atoms with Gasteiger partial charge < -0.3 is 9.84 Å². The van der Waals surface area contributed by atoms with E-state index in [1.807, 2.05) is 26.0 Å². The first-order valence-electron chi connectivity index (χ1n) is 9.45. The molecule has 0 radical (unpaired) electrons. The lowest BCUT2D eigenvalue weighted by Gasteiger charge is -2.14. The van der Waals surface area contributed by atoms with Gasteiger partial charge >= 0.3 is 0 Å². The number of sulfone groups is 1. The quantitative estimate of drug-likeness (QED) is 0.605. The molecule has 0 aliphatic heterocycles. The van der Waals surface area contributed by atoms with Gasteiger partial charge in [-0.15, -0.1) is 0 Å². The number of methoxy groups -OCH3 is 1. The number of imidazole rings is 1. The van der Waals surface area contributed by atoms with Crippen molar-refractivity contribution in [3.63, 3.8) is 0 Å². The summed E-state index contributed by atoms with van der Waals surface area (Å²) in [6.45, 7) is 8.85. The molecule has 2 heterocycles. The molecule has 0 aliphatic rings. The zero-order valence-corrected chi connectivity index (χ0v) is 19.2. The van der Waals surface area contributed by atoms with Gasteiger partial charge in [-0.2, -0.15) is 5.10 Å². The van der Waals surface area contributed by atoms with E-state index in [-0.39, 0.29) is 5.75 Å². The first kappa shape index (κ1) is 21.7. The maximum absolute atomic E-state index is 12.7. The molecule has 3 aromatic rings. The van der Waals surface area contributed by atoms with Crippen LogP contribution in [0.15, 0.2) is 18.2 Å². The van der Waals surface area contributed by atoms with E-state index >= 15 is 0 Å². The summed E-state index contributed by atoms with van der Waals surface area (Å²) in [6.07, 6.45) is 0.561. The predicted molar refractivity (Wildman–Crippen MR) is 115 cm³/mol. The van der Waals surface area contributed by atoms with Crippen molar-refractivity contribution in [1.82, 2.24) is 14.6 Å². The van der Waals surface area contributed by atoms with Crippen molar-refractivity contribution in [1.29, 1.82) is 0 Å². The highest BCUT2D eigenvalue weighted by Gasteiger charge is 2.26. The summed E-state index contributed by atoms with van der Waals surface area (Å²) in [4.78, 5) is 5.25. The van der Waals surface area contributed by atoms with Gasteiger partial charge in [0.15, 0.2) is 9.84 Å². The average molecular weight is 438 g/mol. The molecule has 0 amide bonds. The van der Waals surface area contributed by atoms with Crippen LogP contribution in [0.2, 0.25) is 0 Å². The second kappa shape index (κ2) is 7.70. The number of fused-ring (bicyclic) bond motifs is 1. The third kappa shape index (κ3) is 4.17. The van der Waals surface area contributed by atoms with Crippen LogP contribution in [-0.4, -0.2) is 40.5 Å². The number of aliphatic hydroxyl groups is 1. The van der Waals surface area contributed by atoms with Crippen LogP contribution in [0.3, 0.4) is 0 Å². The SMILES string of the molecule is CC[C@H](C)S(=O)(=O)Cc1cc(-c2c(C)nc3sc(C(C)(C)O)nn23)ccc1OC. The molecule has 1 N–H and O–H groups in total. The highest BCUT2D eigenvalue weighted by atomic mass is 32.2. The molecule has 0 saturated carbocycles. The number of benzene rings is 1. The van der Waals surface area contributed by atoms with Crippen molar-refractivity contribution in [3.05, 3.63) is 34.5 Å². The summed E-state index contributed by atoms with van der Waals surface area (Å²) in [5.41, 5.74) is 1.91. The fraction of sp³-hybridized carbons (Fsp3) is 0.500. The number of ether oxygens (including phenoxy) is 1. The summed E-state index contributed by atoms with van der Waals surface area (Å²) in [5.74, 6) is 0.445. The Morgan fingerprint density at radius 2 is 2.03 bits per heavy atom. The largest absolute Gasteiger partial charge is 0.496 e. The third-order valence-electron chi connectivity index (χ3n) is 5.00. The summed E-state index contributed by atoms with van der Waals surface area (Å²) < 4.78 is 32.5. The fourth-order valence-corrected chi connectivity index (χ4v) is 5.48. The van der Waals surface area contributed by atoms with Crippen LogP contribution in [-0.2, 0) is 21.2 Å². The number of aryl methyl sites for hydroxylation is 1. The van der Waals surface area contributed by atoms with Crippen LogP contribution in [0.4, 0.5) is 0 Å².